The van der Waals surface area contributed by atoms with Gasteiger partial charge >= 0.3 is 0 Å². The summed E-state index contributed by atoms with van der Waals surface area (Å²) in [6.07, 6.45) is 4.61. The Labute approximate surface area is 70.4 Å². The summed E-state index contributed by atoms with van der Waals surface area (Å²) in [6, 6.07) is 0. The van der Waals surface area contributed by atoms with Crippen molar-refractivity contribution in [2.24, 2.45) is 22.7 Å². The molecule has 0 aromatic rings. The SMILES string of the molecule is CC(C)C12CC(C(C)C)(C1)C2. The van der Waals surface area contributed by atoms with Crippen LogP contribution in [-0.4, -0.2) is 0 Å². The molecule has 0 heteroatoms. The Morgan fingerprint density at radius 1 is 0.727 bits per heavy atom. The van der Waals surface area contributed by atoms with Crippen LogP contribution < -0.4 is 0 Å². The largest absolute Gasteiger partial charge is 0.0622 e. The van der Waals surface area contributed by atoms with Crippen molar-refractivity contribution in [1.82, 2.24) is 0 Å². The Bertz CT molecular complexity index is 139. The van der Waals surface area contributed by atoms with E-state index >= 15 is 0 Å². The second kappa shape index (κ2) is 1.84. The molecular weight excluding hydrogens is 132 g/mol. The Balaban J connectivity index is 1.99. The van der Waals surface area contributed by atoms with Crippen LogP contribution in [0.5, 0.6) is 0 Å². The molecule has 3 aliphatic rings. The summed E-state index contributed by atoms with van der Waals surface area (Å²) in [6.45, 7) is 9.57. The van der Waals surface area contributed by atoms with Crippen LogP contribution >= 0.6 is 0 Å². The molecule has 0 nitrogen and oxygen atoms in total. The fraction of sp³-hybridized carbons (Fsp3) is 1.00. The topological polar surface area (TPSA) is 0 Å². The molecule has 0 N–H and O–H groups in total. The first kappa shape index (κ1) is 7.64. The van der Waals surface area contributed by atoms with Crippen LogP contribution in [0.3, 0.4) is 0 Å². The quantitative estimate of drug-likeness (QED) is 0.568. The van der Waals surface area contributed by atoms with Gasteiger partial charge in [-0.05, 0) is 41.9 Å². The van der Waals surface area contributed by atoms with Crippen LogP contribution in [0.1, 0.15) is 47.0 Å². The molecular formula is C11H20. The summed E-state index contributed by atoms with van der Waals surface area (Å²) in [5, 5.41) is 0. The molecule has 0 spiro atoms. The molecule has 0 unspecified atom stereocenters. The van der Waals surface area contributed by atoms with Gasteiger partial charge in [0.1, 0.15) is 0 Å². The van der Waals surface area contributed by atoms with Crippen LogP contribution in [0.2, 0.25) is 0 Å². The van der Waals surface area contributed by atoms with Gasteiger partial charge in [-0.15, -0.1) is 0 Å². The van der Waals surface area contributed by atoms with E-state index in [0.29, 0.717) is 0 Å². The summed E-state index contributed by atoms with van der Waals surface area (Å²) in [4.78, 5) is 0. The number of hydrogen-bond acceptors (Lipinski definition) is 0. The van der Waals surface area contributed by atoms with E-state index < -0.39 is 0 Å². The molecule has 3 fully saturated rings. The molecule has 0 heterocycles. The van der Waals surface area contributed by atoms with Crippen molar-refractivity contribution in [2.75, 3.05) is 0 Å². The lowest BCUT2D eigenvalue weighted by Crippen LogP contribution is -2.66. The molecule has 0 saturated heterocycles. The predicted octanol–water partition coefficient (Wildman–Crippen LogP) is 3.47. The molecule has 0 atom stereocenters. The lowest BCUT2D eigenvalue weighted by atomic mass is 9.30. The predicted molar refractivity (Wildman–Crippen MR) is 48.4 cm³/mol. The zero-order valence-electron chi connectivity index (χ0n) is 8.28. The summed E-state index contributed by atoms with van der Waals surface area (Å²) < 4.78 is 0. The van der Waals surface area contributed by atoms with Crippen LogP contribution in [0.25, 0.3) is 0 Å². The third kappa shape index (κ3) is 0.711. The molecule has 3 saturated carbocycles. The van der Waals surface area contributed by atoms with Crippen LogP contribution in [0, 0.1) is 22.7 Å². The Kier molecular flexibility index (Phi) is 1.28. The monoisotopic (exact) mass is 152 g/mol. The minimum atomic E-state index is 0.810. The van der Waals surface area contributed by atoms with Crippen molar-refractivity contribution in [2.45, 2.75) is 47.0 Å². The summed E-state index contributed by atoms with van der Waals surface area (Å²) in [5.74, 6) is 1.87. The molecule has 64 valence electrons. The molecule has 0 aliphatic heterocycles. The Hall–Kier alpha value is 0. The van der Waals surface area contributed by atoms with Gasteiger partial charge in [0.2, 0.25) is 0 Å². The minimum Gasteiger partial charge on any atom is -0.0622 e. The van der Waals surface area contributed by atoms with E-state index in [4.69, 9.17) is 0 Å². The first-order valence-corrected chi connectivity index (χ1v) is 5.01. The molecule has 11 heavy (non-hydrogen) atoms. The summed E-state index contributed by atoms with van der Waals surface area (Å²) >= 11 is 0. The second-order valence-corrected chi connectivity index (χ2v) is 5.56. The first-order valence-electron chi connectivity index (χ1n) is 5.01. The van der Waals surface area contributed by atoms with Crippen molar-refractivity contribution in [3.05, 3.63) is 0 Å². The third-order valence-electron chi connectivity index (χ3n) is 4.56. The van der Waals surface area contributed by atoms with E-state index in [9.17, 15) is 0 Å². The maximum Gasteiger partial charge on any atom is -0.0258 e. The van der Waals surface area contributed by atoms with Crippen LogP contribution in [-0.2, 0) is 0 Å². The highest BCUT2D eigenvalue weighted by Gasteiger charge is 2.69. The van der Waals surface area contributed by atoms with Crippen LogP contribution in [0.15, 0.2) is 0 Å². The van der Waals surface area contributed by atoms with Gasteiger partial charge in [-0.1, -0.05) is 27.7 Å². The van der Waals surface area contributed by atoms with E-state index in [0.717, 1.165) is 22.7 Å². The van der Waals surface area contributed by atoms with Gasteiger partial charge in [0.25, 0.3) is 0 Å². The standard InChI is InChI=1S/C11H20/c1-8(2)10-5-11(6-10,7-10)9(3)4/h8-9H,5-7H2,1-4H3. The highest BCUT2D eigenvalue weighted by Crippen LogP contribution is 2.78. The average molecular weight is 152 g/mol. The number of rotatable bonds is 2. The lowest BCUT2D eigenvalue weighted by Gasteiger charge is -2.75. The molecule has 0 aromatic carbocycles. The smallest absolute Gasteiger partial charge is 0.0258 e. The maximum absolute atomic E-state index is 2.39. The van der Waals surface area contributed by atoms with Gasteiger partial charge < -0.3 is 0 Å². The van der Waals surface area contributed by atoms with E-state index in [2.05, 4.69) is 27.7 Å². The fourth-order valence-electron chi connectivity index (χ4n) is 3.17. The zero-order chi connectivity index (χ0) is 8.28. The molecule has 3 rings (SSSR count). The summed E-state index contributed by atoms with van der Waals surface area (Å²) in [5.41, 5.74) is 1.62. The van der Waals surface area contributed by atoms with Crippen molar-refractivity contribution >= 4 is 0 Å². The zero-order valence-corrected chi connectivity index (χ0v) is 8.28. The maximum atomic E-state index is 2.39. The Morgan fingerprint density at radius 3 is 1.18 bits per heavy atom. The van der Waals surface area contributed by atoms with E-state index in [-0.39, 0.29) is 0 Å². The van der Waals surface area contributed by atoms with E-state index in [1.165, 1.54) is 19.3 Å². The molecule has 0 amide bonds. The average Bonchev–Trinajstić information content (AvgIpc) is 1.51. The third-order valence-corrected chi connectivity index (χ3v) is 4.56. The first-order chi connectivity index (χ1) is 5.01. The van der Waals surface area contributed by atoms with Crippen molar-refractivity contribution in [1.29, 1.82) is 0 Å². The van der Waals surface area contributed by atoms with Crippen LogP contribution in [0.4, 0.5) is 0 Å². The van der Waals surface area contributed by atoms with Crippen molar-refractivity contribution in [3.63, 3.8) is 0 Å². The van der Waals surface area contributed by atoms with E-state index in [1.54, 1.807) is 0 Å². The van der Waals surface area contributed by atoms with E-state index in [1.807, 2.05) is 0 Å². The van der Waals surface area contributed by atoms with Gasteiger partial charge in [0.15, 0.2) is 0 Å². The Morgan fingerprint density at radius 2 is 1.00 bits per heavy atom. The van der Waals surface area contributed by atoms with Gasteiger partial charge in [-0.3, -0.25) is 0 Å². The van der Waals surface area contributed by atoms with Gasteiger partial charge in [-0.2, -0.15) is 0 Å². The lowest BCUT2D eigenvalue weighted by molar-refractivity contribution is -0.252. The van der Waals surface area contributed by atoms with Crippen molar-refractivity contribution < 1.29 is 0 Å². The van der Waals surface area contributed by atoms with Gasteiger partial charge in [-0.25, -0.2) is 0 Å². The van der Waals surface area contributed by atoms with Gasteiger partial charge in [0.05, 0.1) is 0 Å². The fourth-order valence-corrected chi connectivity index (χ4v) is 3.17. The molecule has 0 radical (unpaired) electrons. The highest BCUT2D eigenvalue weighted by molar-refractivity contribution is 5.18. The second-order valence-electron chi connectivity index (χ2n) is 5.56. The highest BCUT2D eigenvalue weighted by atomic mass is 14.7. The molecule has 3 aliphatic carbocycles. The van der Waals surface area contributed by atoms with Gasteiger partial charge in [0, 0.05) is 0 Å². The minimum absolute atomic E-state index is 0.810. The molecule has 2 bridgehead atoms. The summed E-state index contributed by atoms with van der Waals surface area (Å²) in [7, 11) is 0. The van der Waals surface area contributed by atoms with Crippen molar-refractivity contribution in [3.8, 4) is 0 Å². The molecule has 0 aromatic heterocycles. The normalized spacial score (nSPS) is 47.5. The number of hydrogen-bond donors (Lipinski definition) is 0.